The van der Waals surface area contributed by atoms with E-state index in [0.717, 1.165) is 21.3 Å². The van der Waals surface area contributed by atoms with Gasteiger partial charge in [0.15, 0.2) is 4.80 Å². The second kappa shape index (κ2) is 8.36. The van der Waals surface area contributed by atoms with Gasteiger partial charge in [0.25, 0.3) is 11.6 Å². The number of non-ortho nitro benzene ring substituents is 1. The van der Waals surface area contributed by atoms with Crippen LogP contribution in [0.3, 0.4) is 0 Å². The molecule has 1 amide bonds. The molecule has 0 atom stereocenters. The number of rotatable bonds is 5. The van der Waals surface area contributed by atoms with Crippen molar-refractivity contribution in [2.75, 3.05) is 6.61 Å². The van der Waals surface area contributed by atoms with E-state index in [9.17, 15) is 19.7 Å². The topological polar surface area (TPSA) is 104 Å². The number of amides is 1. The lowest BCUT2D eigenvalue weighted by molar-refractivity contribution is -0.384. The second-order valence-electron chi connectivity index (χ2n) is 6.43. The zero-order valence-electron chi connectivity index (χ0n) is 16.2. The number of hydrogen-bond acceptors (Lipinski definition) is 6. The van der Waals surface area contributed by atoms with E-state index in [0.29, 0.717) is 4.80 Å². The van der Waals surface area contributed by atoms with E-state index in [1.54, 1.807) is 11.5 Å². The third kappa shape index (κ3) is 4.40. The maximum Gasteiger partial charge on any atom is 0.326 e. The molecule has 2 aromatic carbocycles. The van der Waals surface area contributed by atoms with Crippen LogP contribution >= 0.6 is 11.3 Å². The molecule has 1 aromatic heterocycles. The first-order valence-electron chi connectivity index (χ1n) is 8.90. The average Bonchev–Trinajstić information content (AvgIpc) is 2.99. The van der Waals surface area contributed by atoms with E-state index in [-0.39, 0.29) is 24.4 Å². The Morgan fingerprint density at radius 2 is 1.90 bits per heavy atom. The lowest BCUT2D eigenvalue weighted by Crippen LogP contribution is -2.23. The highest BCUT2D eigenvalue weighted by molar-refractivity contribution is 7.16. The number of nitro groups is 1. The molecular weight excluding hydrogens is 394 g/mol. The van der Waals surface area contributed by atoms with Crippen molar-refractivity contribution in [1.29, 1.82) is 0 Å². The Morgan fingerprint density at radius 3 is 2.52 bits per heavy atom. The van der Waals surface area contributed by atoms with E-state index < -0.39 is 16.8 Å². The van der Waals surface area contributed by atoms with Crippen LogP contribution in [-0.2, 0) is 16.1 Å². The van der Waals surface area contributed by atoms with Gasteiger partial charge in [0, 0.05) is 17.7 Å². The maximum absolute atomic E-state index is 12.6. The fourth-order valence-electron chi connectivity index (χ4n) is 2.96. The summed E-state index contributed by atoms with van der Waals surface area (Å²) in [7, 11) is 0. The summed E-state index contributed by atoms with van der Waals surface area (Å²) in [5.41, 5.74) is 2.97. The number of thiazole rings is 1. The summed E-state index contributed by atoms with van der Waals surface area (Å²) in [6.07, 6.45) is 0. The van der Waals surface area contributed by atoms with Crippen molar-refractivity contribution in [2.45, 2.75) is 27.3 Å². The van der Waals surface area contributed by atoms with Gasteiger partial charge in [-0.05, 0) is 50.1 Å². The first kappa shape index (κ1) is 20.4. The lowest BCUT2D eigenvalue weighted by atomic mass is 10.1. The summed E-state index contributed by atoms with van der Waals surface area (Å²) in [4.78, 5) is 39.5. The molecule has 0 aliphatic carbocycles. The molecule has 9 heteroatoms. The van der Waals surface area contributed by atoms with Gasteiger partial charge in [-0.1, -0.05) is 17.4 Å². The molecule has 1 heterocycles. The third-order valence-corrected chi connectivity index (χ3v) is 5.46. The molecule has 0 unspecified atom stereocenters. The van der Waals surface area contributed by atoms with Crippen molar-refractivity contribution in [3.63, 3.8) is 0 Å². The van der Waals surface area contributed by atoms with Gasteiger partial charge in [0.2, 0.25) is 0 Å². The molecule has 0 bridgehead atoms. The van der Waals surface area contributed by atoms with Gasteiger partial charge in [-0.2, -0.15) is 4.99 Å². The predicted octanol–water partition coefficient (Wildman–Crippen LogP) is 3.53. The average molecular weight is 413 g/mol. The fraction of sp³-hybridized carbons (Fsp3) is 0.250. The molecule has 0 fully saturated rings. The number of carbonyl (C=O) groups is 2. The number of esters is 1. The monoisotopic (exact) mass is 413 g/mol. The first-order chi connectivity index (χ1) is 13.8. The minimum Gasteiger partial charge on any atom is -0.465 e. The number of aryl methyl sites for hydroxylation is 2. The standard InChI is InChI=1S/C20H19N3O5S/c1-4-28-17(24)11-22-16-10-12(2)9-13(3)18(16)29-20(22)21-19(25)14-5-7-15(8-6-14)23(26)27/h5-10H,4,11H2,1-3H3. The highest BCUT2D eigenvalue weighted by atomic mass is 32.1. The van der Waals surface area contributed by atoms with Gasteiger partial charge in [0.1, 0.15) is 6.54 Å². The quantitative estimate of drug-likeness (QED) is 0.362. The summed E-state index contributed by atoms with van der Waals surface area (Å²) in [5, 5.41) is 10.8. The van der Waals surface area contributed by atoms with Crippen LogP contribution in [0.5, 0.6) is 0 Å². The van der Waals surface area contributed by atoms with Crippen LogP contribution in [0.15, 0.2) is 41.4 Å². The second-order valence-corrected chi connectivity index (χ2v) is 7.40. The highest BCUT2D eigenvalue weighted by Gasteiger charge is 2.15. The molecule has 0 N–H and O–H groups in total. The molecule has 0 saturated carbocycles. The van der Waals surface area contributed by atoms with Crippen molar-refractivity contribution in [3.05, 3.63) is 68.0 Å². The number of ether oxygens (including phenoxy) is 1. The van der Waals surface area contributed by atoms with Crippen LogP contribution in [0, 0.1) is 24.0 Å². The van der Waals surface area contributed by atoms with Crippen LogP contribution in [0.2, 0.25) is 0 Å². The molecule has 0 radical (unpaired) electrons. The van der Waals surface area contributed by atoms with E-state index in [2.05, 4.69) is 4.99 Å². The highest BCUT2D eigenvalue weighted by Crippen LogP contribution is 2.23. The number of hydrogen-bond donors (Lipinski definition) is 0. The molecule has 0 spiro atoms. The van der Waals surface area contributed by atoms with Gasteiger partial charge in [-0.3, -0.25) is 19.7 Å². The van der Waals surface area contributed by atoms with Crippen LogP contribution in [0.4, 0.5) is 5.69 Å². The van der Waals surface area contributed by atoms with Crippen LogP contribution in [0.1, 0.15) is 28.4 Å². The molecule has 29 heavy (non-hydrogen) atoms. The summed E-state index contributed by atoms with van der Waals surface area (Å²) >= 11 is 1.31. The molecule has 3 aromatic rings. The number of carbonyl (C=O) groups excluding carboxylic acids is 2. The summed E-state index contributed by atoms with van der Waals surface area (Å²) in [6.45, 7) is 5.84. The Kier molecular flexibility index (Phi) is 5.88. The van der Waals surface area contributed by atoms with Crippen LogP contribution in [-0.4, -0.2) is 28.0 Å². The lowest BCUT2D eigenvalue weighted by Gasteiger charge is -2.06. The Hall–Kier alpha value is -3.33. The first-order valence-corrected chi connectivity index (χ1v) is 9.71. The van der Waals surface area contributed by atoms with E-state index >= 15 is 0 Å². The van der Waals surface area contributed by atoms with Gasteiger partial charge in [-0.25, -0.2) is 0 Å². The molecule has 8 nitrogen and oxygen atoms in total. The summed E-state index contributed by atoms with van der Waals surface area (Å²) < 4.78 is 7.65. The third-order valence-electron chi connectivity index (χ3n) is 4.23. The maximum atomic E-state index is 12.6. The number of fused-ring (bicyclic) bond motifs is 1. The molecule has 150 valence electrons. The predicted molar refractivity (Wildman–Crippen MR) is 109 cm³/mol. The van der Waals surface area contributed by atoms with Crippen molar-refractivity contribution in [1.82, 2.24) is 4.57 Å². The number of aromatic nitrogens is 1. The Bertz CT molecular complexity index is 1180. The van der Waals surface area contributed by atoms with Crippen molar-refractivity contribution in [2.24, 2.45) is 4.99 Å². The zero-order valence-corrected chi connectivity index (χ0v) is 17.0. The van der Waals surface area contributed by atoms with Crippen molar-refractivity contribution < 1.29 is 19.2 Å². The Morgan fingerprint density at radius 1 is 1.21 bits per heavy atom. The van der Waals surface area contributed by atoms with E-state index in [1.165, 1.54) is 35.6 Å². The summed E-state index contributed by atoms with van der Waals surface area (Å²) in [5.74, 6) is -0.964. The minimum atomic E-state index is -0.543. The van der Waals surface area contributed by atoms with Crippen molar-refractivity contribution in [3.8, 4) is 0 Å². The van der Waals surface area contributed by atoms with Gasteiger partial charge < -0.3 is 9.30 Å². The molecule has 0 aliphatic heterocycles. The number of nitrogens with zero attached hydrogens (tertiary/aromatic N) is 3. The normalized spacial score (nSPS) is 11.6. The molecular formula is C20H19N3O5S. The van der Waals surface area contributed by atoms with E-state index in [4.69, 9.17) is 4.74 Å². The smallest absolute Gasteiger partial charge is 0.326 e. The minimum absolute atomic E-state index is 0.0664. The van der Waals surface area contributed by atoms with E-state index in [1.807, 2.05) is 26.0 Å². The number of benzene rings is 2. The SMILES string of the molecule is CCOC(=O)Cn1c(=NC(=O)c2ccc([N+](=O)[O-])cc2)sc2c(C)cc(C)cc21. The zero-order chi connectivity index (χ0) is 21.1. The fourth-order valence-corrected chi connectivity index (χ4v) is 4.04. The molecule has 0 aliphatic rings. The number of nitro benzene ring substituents is 1. The van der Waals surface area contributed by atoms with Gasteiger partial charge in [0.05, 0.1) is 21.7 Å². The summed E-state index contributed by atoms with van der Waals surface area (Å²) in [6, 6.07) is 9.20. The Balaban J connectivity index is 2.11. The van der Waals surface area contributed by atoms with Crippen LogP contribution < -0.4 is 4.80 Å². The largest absolute Gasteiger partial charge is 0.465 e. The van der Waals surface area contributed by atoms with Gasteiger partial charge >= 0.3 is 5.97 Å². The van der Waals surface area contributed by atoms with Crippen molar-refractivity contribution >= 4 is 39.1 Å². The Labute approximate surface area is 170 Å². The molecule has 3 rings (SSSR count). The molecule has 0 saturated heterocycles. The van der Waals surface area contributed by atoms with Gasteiger partial charge in [-0.15, -0.1) is 0 Å². The van der Waals surface area contributed by atoms with Crippen LogP contribution in [0.25, 0.3) is 10.2 Å².